The summed E-state index contributed by atoms with van der Waals surface area (Å²) in [6.07, 6.45) is -6.58. The number of halogens is 3. The first kappa shape index (κ1) is 14.6. The van der Waals surface area contributed by atoms with Crippen molar-refractivity contribution in [2.45, 2.75) is 32.2 Å². The van der Waals surface area contributed by atoms with Crippen LogP contribution in [0.5, 0.6) is 11.5 Å². The van der Waals surface area contributed by atoms with E-state index in [-0.39, 0.29) is 11.5 Å². The summed E-state index contributed by atoms with van der Waals surface area (Å²) < 4.78 is 48.3. The van der Waals surface area contributed by atoms with Gasteiger partial charge in [0.25, 0.3) is 0 Å². The zero-order chi connectivity index (χ0) is 13.8. The summed E-state index contributed by atoms with van der Waals surface area (Å²) in [5.41, 5.74) is 5.31. The molecule has 0 heterocycles. The van der Waals surface area contributed by atoms with Crippen LogP contribution in [-0.4, -0.2) is 24.9 Å². The second-order valence-corrected chi connectivity index (χ2v) is 3.82. The van der Waals surface area contributed by atoms with Gasteiger partial charge < -0.3 is 15.2 Å². The van der Waals surface area contributed by atoms with E-state index in [1.807, 2.05) is 0 Å². The molecule has 2 N–H and O–H groups in total. The number of benzene rings is 1. The van der Waals surface area contributed by atoms with Crippen LogP contribution < -0.4 is 15.2 Å². The van der Waals surface area contributed by atoms with Gasteiger partial charge in [-0.25, -0.2) is 0 Å². The van der Waals surface area contributed by atoms with E-state index in [1.54, 1.807) is 25.1 Å². The topological polar surface area (TPSA) is 44.5 Å². The molecule has 1 aromatic carbocycles. The fourth-order valence-electron chi connectivity index (χ4n) is 1.43. The van der Waals surface area contributed by atoms with Gasteiger partial charge in [-0.2, -0.15) is 13.2 Å². The highest BCUT2D eigenvalue weighted by Crippen LogP contribution is 2.32. The minimum atomic E-state index is -4.52. The van der Waals surface area contributed by atoms with Crippen LogP contribution in [0.25, 0.3) is 0 Å². The zero-order valence-corrected chi connectivity index (χ0v) is 10.2. The second-order valence-electron chi connectivity index (χ2n) is 3.82. The molecule has 3 nitrogen and oxygen atoms in total. The van der Waals surface area contributed by atoms with Crippen LogP contribution in [0.15, 0.2) is 24.3 Å². The Labute approximate surface area is 104 Å². The monoisotopic (exact) mass is 263 g/mol. The molecule has 0 aliphatic carbocycles. The van der Waals surface area contributed by atoms with Crippen LogP contribution in [0.3, 0.4) is 0 Å². The van der Waals surface area contributed by atoms with Gasteiger partial charge in [-0.05, 0) is 26.0 Å². The maximum atomic E-state index is 12.7. The number of rotatable bonds is 5. The Morgan fingerprint density at radius 3 is 2.22 bits per heavy atom. The number of hydrogen-bond donors (Lipinski definition) is 1. The van der Waals surface area contributed by atoms with Crippen molar-refractivity contribution in [2.24, 2.45) is 5.73 Å². The SMILES string of the molecule is CCOc1ccccc1OC(C(C)N)C(F)(F)F. The number of ether oxygens (including phenoxy) is 2. The van der Waals surface area contributed by atoms with Gasteiger partial charge >= 0.3 is 6.18 Å². The van der Waals surface area contributed by atoms with Crippen LogP contribution in [0.4, 0.5) is 13.2 Å². The number of hydrogen-bond acceptors (Lipinski definition) is 3. The van der Waals surface area contributed by atoms with Crippen molar-refractivity contribution in [3.8, 4) is 11.5 Å². The molecule has 1 rings (SSSR count). The van der Waals surface area contributed by atoms with E-state index in [4.69, 9.17) is 15.2 Å². The Kier molecular flexibility index (Phi) is 4.84. The number of nitrogens with two attached hydrogens (primary N) is 1. The number of para-hydroxylation sites is 2. The molecule has 6 heteroatoms. The van der Waals surface area contributed by atoms with Gasteiger partial charge in [0.05, 0.1) is 6.61 Å². The molecule has 0 saturated heterocycles. The van der Waals surface area contributed by atoms with Gasteiger partial charge in [0.1, 0.15) is 0 Å². The molecular formula is C12H16F3NO2. The third-order valence-corrected chi connectivity index (χ3v) is 2.20. The molecule has 18 heavy (non-hydrogen) atoms. The van der Waals surface area contributed by atoms with E-state index in [0.717, 1.165) is 0 Å². The molecule has 0 bridgehead atoms. The summed E-state index contributed by atoms with van der Waals surface area (Å²) >= 11 is 0. The Morgan fingerprint density at radius 2 is 1.78 bits per heavy atom. The molecule has 0 aliphatic rings. The van der Waals surface area contributed by atoms with Gasteiger partial charge in [-0.3, -0.25) is 0 Å². The second kappa shape index (κ2) is 5.95. The molecule has 0 amide bonds. The summed E-state index contributed by atoms with van der Waals surface area (Å²) in [4.78, 5) is 0. The van der Waals surface area contributed by atoms with Gasteiger partial charge in [-0.15, -0.1) is 0 Å². The predicted molar refractivity (Wildman–Crippen MR) is 61.7 cm³/mol. The molecule has 0 aliphatic heterocycles. The van der Waals surface area contributed by atoms with Gasteiger partial charge in [0.2, 0.25) is 6.10 Å². The zero-order valence-electron chi connectivity index (χ0n) is 10.2. The first-order valence-electron chi connectivity index (χ1n) is 5.57. The Balaban J connectivity index is 2.94. The van der Waals surface area contributed by atoms with Crippen LogP contribution in [0.2, 0.25) is 0 Å². The van der Waals surface area contributed by atoms with E-state index >= 15 is 0 Å². The fraction of sp³-hybridized carbons (Fsp3) is 0.500. The molecular weight excluding hydrogens is 247 g/mol. The lowest BCUT2D eigenvalue weighted by atomic mass is 10.2. The van der Waals surface area contributed by atoms with Crippen LogP contribution in [0, 0.1) is 0 Å². The third-order valence-electron chi connectivity index (χ3n) is 2.20. The van der Waals surface area contributed by atoms with Crippen molar-refractivity contribution in [3.05, 3.63) is 24.3 Å². The summed E-state index contributed by atoms with van der Waals surface area (Å²) in [5, 5.41) is 0. The normalized spacial score (nSPS) is 15.0. The van der Waals surface area contributed by atoms with Crippen molar-refractivity contribution in [1.29, 1.82) is 0 Å². The standard InChI is InChI=1S/C12H16F3NO2/c1-3-17-9-6-4-5-7-10(9)18-11(8(2)16)12(13,14)15/h4-8,11H,3,16H2,1-2H3. The minimum absolute atomic E-state index is 0.0407. The van der Waals surface area contributed by atoms with E-state index in [2.05, 4.69) is 0 Å². The lowest BCUT2D eigenvalue weighted by Crippen LogP contribution is -2.47. The smallest absolute Gasteiger partial charge is 0.426 e. The van der Waals surface area contributed by atoms with Crippen molar-refractivity contribution in [2.75, 3.05) is 6.61 Å². The first-order chi connectivity index (χ1) is 8.36. The molecule has 1 aromatic rings. The van der Waals surface area contributed by atoms with Crippen molar-refractivity contribution < 1.29 is 22.6 Å². The van der Waals surface area contributed by atoms with Crippen molar-refractivity contribution in [1.82, 2.24) is 0 Å². The van der Waals surface area contributed by atoms with E-state index < -0.39 is 18.3 Å². The Morgan fingerprint density at radius 1 is 1.22 bits per heavy atom. The average molecular weight is 263 g/mol. The lowest BCUT2D eigenvalue weighted by Gasteiger charge is -2.25. The predicted octanol–water partition coefficient (Wildman–Crippen LogP) is 2.74. The third kappa shape index (κ3) is 3.80. The first-order valence-corrected chi connectivity index (χ1v) is 5.57. The molecule has 0 fully saturated rings. The highest BCUT2D eigenvalue weighted by molar-refractivity contribution is 5.39. The molecule has 0 aromatic heterocycles. The summed E-state index contributed by atoms with van der Waals surface area (Å²) in [6.45, 7) is 3.33. The largest absolute Gasteiger partial charge is 0.490 e. The van der Waals surface area contributed by atoms with E-state index in [1.165, 1.54) is 13.0 Å². The van der Waals surface area contributed by atoms with E-state index in [0.29, 0.717) is 6.61 Å². The van der Waals surface area contributed by atoms with Crippen molar-refractivity contribution in [3.63, 3.8) is 0 Å². The summed E-state index contributed by atoms with van der Waals surface area (Å²) in [7, 11) is 0. The average Bonchev–Trinajstić information content (AvgIpc) is 2.26. The summed E-state index contributed by atoms with van der Waals surface area (Å²) in [6, 6.07) is 5.04. The molecule has 0 radical (unpaired) electrons. The molecule has 102 valence electrons. The highest BCUT2D eigenvalue weighted by atomic mass is 19.4. The van der Waals surface area contributed by atoms with Crippen molar-refractivity contribution >= 4 is 0 Å². The van der Waals surface area contributed by atoms with E-state index in [9.17, 15) is 13.2 Å². The van der Waals surface area contributed by atoms with Crippen LogP contribution >= 0.6 is 0 Å². The molecule has 2 unspecified atom stereocenters. The summed E-state index contributed by atoms with van der Waals surface area (Å²) in [5.74, 6) is 0.314. The molecule has 0 saturated carbocycles. The van der Waals surface area contributed by atoms with Crippen LogP contribution in [-0.2, 0) is 0 Å². The van der Waals surface area contributed by atoms with Gasteiger partial charge in [0.15, 0.2) is 11.5 Å². The highest BCUT2D eigenvalue weighted by Gasteiger charge is 2.44. The maximum Gasteiger partial charge on any atom is 0.426 e. The number of alkyl halides is 3. The molecule has 0 spiro atoms. The maximum absolute atomic E-state index is 12.7. The minimum Gasteiger partial charge on any atom is -0.490 e. The fourth-order valence-corrected chi connectivity index (χ4v) is 1.43. The van der Waals surface area contributed by atoms with Crippen LogP contribution in [0.1, 0.15) is 13.8 Å². The quantitative estimate of drug-likeness (QED) is 0.888. The Bertz CT molecular complexity index is 380. The lowest BCUT2D eigenvalue weighted by molar-refractivity contribution is -0.199. The Hall–Kier alpha value is -1.43. The van der Waals surface area contributed by atoms with Gasteiger partial charge in [0, 0.05) is 6.04 Å². The molecule has 2 atom stereocenters. The van der Waals surface area contributed by atoms with Gasteiger partial charge in [-0.1, -0.05) is 12.1 Å².